The monoisotopic (exact) mass is 296 g/mol. The molecule has 1 unspecified atom stereocenters. The minimum atomic E-state index is -0.953. The normalized spacial score (nSPS) is 11.8. The summed E-state index contributed by atoms with van der Waals surface area (Å²) in [6.45, 7) is 2.38. The number of aromatic carboxylic acids is 1. The molecule has 0 fully saturated rings. The molecule has 0 aliphatic heterocycles. The van der Waals surface area contributed by atoms with Gasteiger partial charge in [-0.2, -0.15) is 11.8 Å². The number of amides is 2. The van der Waals surface area contributed by atoms with Crippen molar-refractivity contribution in [1.82, 2.24) is 10.2 Å². The summed E-state index contributed by atoms with van der Waals surface area (Å²) < 4.78 is 0. The number of carboxylic acids is 1. The minimum absolute atomic E-state index is 0.131. The van der Waals surface area contributed by atoms with Crippen molar-refractivity contribution in [1.29, 1.82) is 0 Å². The summed E-state index contributed by atoms with van der Waals surface area (Å²) in [4.78, 5) is 24.3. The van der Waals surface area contributed by atoms with Gasteiger partial charge in [0.05, 0.1) is 5.56 Å². The number of urea groups is 1. The standard InChI is InChI=1S/C14H20N2O3S/c1-10(9-20-3)16(2)14(19)15-8-11-4-6-12(7-5-11)13(17)18/h4-7,10H,8-9H2,1-3H3,(H,15,19)(H,17,18). The van der Waals surface area contributed by atoms with E-state index in [1.54, 1.807) is 35.8 Å². The number of thioether (sulfide) groups is 1. The number of hydrogen-bond acceptors (Lipinski definition) is 3. The van der Waals surface area contributed by atoms with Crippen LogP contribution >= 0.6 is 11.8 Å². The van der Waals surface area contributed by atoms with Gasteiger partial charge in [0.15, 0.2) is 0 Å². The van der Waals surface area contributed by atoms with Gasteiger partial charge in [-0.1, -0.05) is 12.1 Å². The summed E-state index contributed by atoms with van der Waals surface area (Å²) in [5.74, 6) is -0.0664. The van der Waals surface area contributed by atoms with E-state index in [-0.39, 0.29) is 17.6 Å². The fourth-order valence-electron chi connectivity index (χ4n) is 1.62. The van der Waals surface area contributed by atoms with Crippen LogP contribution in [0.5, 0.6) is 0 Å². The highest BCUT2D eigenvalue weighted by atomic mass is 32.2. The Morgan fingerprint density at radius 3 is 2.45 bits per heavy atom. The van der Waals surface area contributed by atoms with Crippen molar-refractivity contribution in [2.24, 2.45) is 0 Å². The number of carbonyl (C=O) groups is 2. The second-order valence-corrected chi connectivity index (χ2v) is 5.49. The fraction of sp³-hybridized carbons (Fsp3) is 0.429. The number of carbonyl (C=O) groups excluding carboxylic acids is 1. The molecule has 0 spiro atoms. The van der Waals surface area contributed by atoms with Gasteiger partial charge in [0.25, 0.3) is 0 Å². The molecular weight excluding hydrogens is 276 g/mol. The van der Waals surface area contributed by atoms with E-state index in [1.165, 1.54) is 12.1 Å². The molecule has 0 aromatic heterocycles. The lowest BCUT2D eigenvalue weighted by Crippen LogP contribution is -2.43. The van der Waals surface area contributed by atoms with E-state index in [9.17, 15) is 9.59 Å². The van der Waals surface area contributed by atoms with Crippen LogP contribution in [0, 0.1) is 0 Å². The topological polar surface area (TPSA) is 69.6 Å². The van der Waals surface area contributed by atoms with Gasteiger partial charge in [-0.15, -0.1) is 0 Å². The van der Waals surface area contributed by atoms with Gasteiger partial charge in [0.1, 0.15) is 0 Å². The van der Waals surface area contributed by atoms with Crippen LogP contribution in [0.2, 0.25) is 0 Å². The lowest BCUT2D eigenvalue weighted by atomic mass is 10.1. The third-order valence-electron chi connectivity index (χ3n) is 3.03. The Morgan fingerprint density at radius 2 is 1.95 bits per heavy atom. The van der Waals surface area contributed by atoms with Crippen molar-refractivity contribution in [3.8, 4) is 0 Å². The maximum Gasteiger partial charge on any atom is 0.335 e. The molecule has 2 N–H and O–H groups in total. The van der Waals surface area contributed by atoms with Gasteiger partial charge < -0.3 is 15.3 Å². The number of nitrogens with zero attached hydrogens (tertiary/aromatic N) is 1. The van der Waals surface area contributed by atoms with Crippen molar-refractivity contribution in [3.63, 3.8) is 0 Å². The first kappa shape index (κ1) is 16.4. The first-order valence-corrected chi connectivity index (χ1v) is 7.67. The first-order chi connectivity index (χ1) is 9.45. The molecule has 6 heteroatoms. The predicted molar refractivity (Wildman–Crippen MR) is 81.2 cm³/mol. The Morgan fingerprint density at radius 1 is 1.35 bits per heavy atom. The van der Waals surface area contributed by atoms with Gasteiger partial charge in [-0.05, 0) is 30.9 Å². The van der Waals surface area contributed by atoms with Gasteiger partial charge in [0, 0.05) is 25.4 Å². The van der Waals surface area contributed by atoms with E-state index in [0.29, 0.717) is 6.54 Å². The van der Waals surface area contributed by atoms with Crippen LogP contribution in [0.15, 0.2) is 24.3 Å². The van der Waals surface area contributed by atoms with Crippen molar-refractivity contribution < 1.29 is 14.7 Å². The highest BCUT2D eigenvalue weighted by Gasteiger charge is 2.14. The average Bonchev–Trinajstić information content (AvgIpc) is 2.44. The molecule has 1 atom stereocenters. The average molecular weight is 296 g/mol. The zero-order valence-corrected chi connectivity index (χ0v) is 12.7. The number of rotatable bonds is 6. The number of carboxylic acid groups (broad SMARTS) is 1. The van der Waals surface area contributed by atoms with Crippen LogP contribution < -0.4 is 5.32 Å². The Hall–Kier alpha value is -1.69. The quantitative estimate of drug-likeness (QED) is 0.845. The van der Waals surface area contributed by atoms with E-state index in [1.807, 2.05) is 13.2 Å². The maximum absolute atomic E-state index is 11.9. The summed E-state index contributed by atoms with van der Waals surface area (Å²) in [5.41, 5.74) is 1.11. The van der Waals surface area contributed by atoms with Crippen molar-refractivity contribution in [2.75, 3.05) is 19.1 Å². The zero-order chi connectivity index (χ0) is 15.1. The molecule has 0 saturated carbocycles. The van der Waals surface area contributed by atoms with Crippen LogP contribution in [-0.2, 0) is 6.54 Å². The van der Waals surface area contributed by atoms with E-state index in [2.05, 4.69) is 5.32 Å². The maximum atomic E-state index is 11.9. The lowest BCUT2D eigenvalue weighted by Gasteiger charge is -2.24. The third kappa shape index (κ3) is 4.77. The van der Waals surface area contributed by atoms with Gasteiger partial charge in [-0.25, -0.2) is 9.59 Å². The van der Waals surface area contributed by atoms with Crippen LogP contribution in [0.1, 0.15) is 22.8 Å². The second-order valence-electron chi connectivity index (χ2n) is 4.58. The highest BCUT2D eigenvalue weighted by Crippen LogP contribution is 2.06. The fourth-order valence-corrected chi connectivity index (χ4v) is 2.33. The molecule has 20 heavy (non-hydrogen) atoms. The summed E-state index contributed by atoms with van der Waals surface area (Å²) in [6, 6.07) is 6.51. The second kappa shape index (κ2) is 7.79. The van der Waals surface area contributed by atoms with Crippen LogP contribution in [0.25, 0.3) is 0 Å². The van der Waals surface area contributed by atoms with Gasteiger partial charge >= 0.3 is 12.0 Å². The SMILES string of the molecule is CSCC(C)N(C)C(=O)NCc1ccc(C(=O)O)cc1. The zero-order valence-electron chi connectivity index (χ0n) is 11.9. The van der Waals surface area contributed by atoms with Crippen molar-refractivity contribution in [2.45, 2.75) is 19.5 Å². The van der Waals surface area contributed by atoms with Gasteiger partial charge in [0.2, 0.25) is 0 Å². The van der Waals surface area contributed by atoms with Crippen LogP contribution in [0.4, 0.5) is 4.79 Å². The molecule has 1 aromatic carbocycles. The molecule has 110 valence electrons. The highest BCUT2D eigenvalue weighted by molar-refractivity contribution is 7.98. The molecule has 5 nitrogen and oxygen atoms in total. The molecule has 0 radical (unpaired) electrons. The Bertz CT molecular complexity index is 462. The van der Waals surface area contributed by atoms with E-state index in [0.717, 1.165) is 11.3 Å². The summed E-state index contributed by atoms with van der Waals surface area (Å²) in [6.07, 6.45) is 2.01. The van der Waals surface area contributed by atoms with E-state index in [4.69, 9.17) is 5.11 Å². The Kier molecular flexibility index (Phi) is 6.38. The molecule has 0 bridgehead atoms. The Balaban J connectivity index is 2.50. The van der Waals surface area contributed by atoms with E-state index < -0.39 is 5.97 Å². The van der Waals surface area contributed by atoms with Crippen LogP contribution in [0.3, 0.4) is 0 Å². The molecular formula is C14H20N2O3S. The number of hydrogen-bond donors (Lipinski definition) is 2. The summed E-state index contributed by atoms with van der Waals surface area (Å²) in [5, 5.41) is 11.6. The molecule has 0 heterocycles. The minimum Gasteiger partial charge on any atom is -0.478 e. The number of benzene rings is 1. The molecule has 0 aliphatic rings. The largest absolute Gasteiger partial charge is 0.478 e. The molecule has 2 amide bonds. The van der Waals surface area contributed by atoms with Crippen molar-refractivity contribution >= 4 is 23.8 Å². The number of nitrogens with one attached hydrogen (secondary N) is 1. The van der Waals surface area contributed by atoms with Crippen LogP contribution in [-0.4, -0.2) is 47.1 Å². The predicted octanol–water partition coefficient (Wildman–Crippen LogP) is 2.28. The smallest absolute Gasteiger partial charge is 0.335 e. The van der Waals surface area contributed by atoms with E-state index >= 15 is 0 Å². The summed E-state index contributed by atoms with van der Waals surface area (Å²) >= 11 is 1.70. The molecule has 1 rings (SSSR count). The summed E-state index contributed by atoms with van der Waals surface area (Å²) in [7, 11) is 1.77. The van der Waals surface area contributed by atoms with Crippen molar-refractivity contribution in [3.05, 3.63) is 35.4 Å². The van der Waals surface area contributed by atoms with Gasteiger partial charge in [-0.3, -0.25) is 0 Å². The molecule has 1 aromatic rings. The molecule has 0 saturated heterocycles. The third-order valence-corrected chi connectivity index (χ3v) is 3.85. The first-order valence-electron chi connectivity index (χ1n) is 6.27. The Labute approximate surface area is 123 Å². The lowest BCUT2D eigenvalue weighted by molar-refractivity contribution is 0.0697. The molecule has 0 aliphatic carbocycles.